The lowest BCUT2D eigenvalue weighted by Crippen LogP contribution is -2.56. The van der Waals surface area contributed by atoms with Crippen molar-refractivity contribution < 1.29 is 14.4 Å². The smallest absolute Gasteiger partial charge is 0.247 e. The monoisotopic (exact) mass is 495 g/mol. The van der Waals surface area contributed by atoms with Crippen LogP contribution < -0.4 is 10.6 Å². The van der Waals surface area contributed by atoms with Crippen molar-refractivity contribution >= 4 is 34.7 Å². The fraction of sp³-hybridized carbons (Fsp3) is 0.536. The molecule has 0 unspecified atom stereocenters. The van der Waals surface area contributed by atoms with Crippen LogP contribution in [0.1, 0.15) is 65.2 Å². The van der Waals surface area contributed by atoms with Gasteiger partial charge in [0.1, 0.15) is 12.1 Å². The lowest BCUT2D eigenvalue weighted by Gasteiger charge is -2.35. The van der Waals surface area contributed by atoms with Crippen molar-refractivity contribution in [3.8, 4) is 11.1 Å². The van der Waals surface area contributed by atoms with Crippen molar-refractivity contribution in [2.45, 2.75) is 77.3 Å². The highest BCUT2D eigenvalue weighted by molar-refractivity contribution is 7.08. The average Bonchev–Trinajstić information content (AvgIpc) is 3.57. The number of carbonyl (C=O) groups excluding carboxylic acids is 3. The summed E-state index contributed by atoms with van der Waals surface area (Å²) < 4.78 is 0. The largest absolute Gasteiger partial charge is 0.344 e. The molecule has 2 aromatic rings. The second-order valence-corrected chi connectivity index (χ2v) is 10.7. The van der Waals surface area contributed by atoms with E-state index < -0.39 is 12.1 Å². The Bertz CT molecular complexity index is 1020. The fourth-order valence-electron chi connectivity index (χ4n) is 5.26. The van der Waals surface area contributed by atoms with Crippen molar-refractivity contribution in [3.05, 3.63) is 41.1 Å². The van der Waals surface area contributed by atoms with Gasteiger partial charge in [0.25, 0.3) is 0 Å². The number of rotatable bonds is 8. The Kier molecular flexibility index (Phi) is 8.60. The quantitative estimate of drug-likeness (QED) is 0.511. The number of likely N-dealkylation sites (tertiary alicyclic amines) is 1. The molecule has 0 spiro atoms. The van der Waals surface area contributed by atoms with Crippen molar-refractivity contribution in [3.63, 3.8) is 0 Å². The summed E-state index contributed by atoms with van der Waals surface area (Å²) in [5, 5.41) is 10.2. The molecule has 2 N–H and O–H groups in total. The minimum Gasteiger partial charge on any atom is -0.344 e. The van der Waals surface area contributed by atoms with E-state index in [-0.39, 0.29) is 29.6 Å². The summed E-state index contributed by atoms with van der Waals surface area (Å²) in [5.74, 6) is -0.319. The second kappa shape index (κ2) is 11.8. The highest BCUT2D eigenvalue weighted by atomic mass is 32.1. The molecule has 188 valence electrons. The predicted octanol–water partition coefficient (Wildman–Crippen LogP) is 5.46. The zero-order valence-electron chi connectivity index (χ0n) is 20.8. The Morgan fingerprint density at radius 1 is 1.03 bits per heavy atom. The molecule has 1 aliphatic carbocycles. The molecule has 3 atom stereocenters. The summed E-state index contributed by atoms with van der Waals surface area (Å²) in [4.78, 5) is 41.7. The minimum atomic E-state index is -0.550. The third-order valence-electron chi connectivity index (χ3n) is 7.59. The standard InChI is InChI=1S/C28H37N3O3S/c1-3-19(2)26(32)30-25(21-13-8-5-9-14-21)28(34)31-16-10-15-24(31)27(33)29-23-18-35-17-22(23)20-11-6-4-7-12-20/h4,6-7,11-12,17-19,21,24-25H,3,5,8-10,13-16H2,1-2H3,(H,29,33)(H,30,32)/t19-,24+,25+/m1/s1. The van der Waals surface area contributed by atoms with Crippen LogP contribution in [0.3, 0.4) is 0 Å². The summed E-state index contributed by atoms with van der Waals surface area (Å²) in [6.07, 6.45) is 7.38. The molecule has 3 amide bonds. The molecule has 1 saturated carbocycles. The van der Waals surface area contributed by atoms with E-state index in [9.17, 15) is 14.4 Å². The first-order valence-corrected chi connectivity index (χ1v) is 14.0. The summed E-state index contributed by atoms with van der Waals surface area (Å²) in [6, 6.07) is 8.92. The molecule has 7 heteroatoms. The molecule has 1 aromatic heterocycles. The molecule has 4 rings (SSSR count). The molecule has 2 heterocycles. The maximum Gasteiger partial charge on any atom is 0.247 e. The number of hydrogen-bond acceptors (Lipinski definition) is 4. The van der Waals surface area contributed by atoms with Crippen molar-refractivity contribution in [2.75, 3.05) is 11.9 Å². The van der Waals surface area contributed by atoms with Gasteiger partial charge in [-0.05, 0) is 43.6 Å². The third-order valence-corrected chi connectivity index (χ3v) is 8.33. The topological polar surface area (TPSA) is 78.5 Å². The van der Waals surface area contributed by atoms with E-state index in [4.69, 9.17) is 0 Å². The van der Waals surface area contributed by atoms with Gasteiger partial charge in [-0.15, -0.1) is 11.3 Å². The van der Waals surface area contributed by atoms with Crippen LogP contribution in [0.5, 0.6) is 0 Å². The normalized spacial score (nSPS) is 20.3. The Morgan fingerprint density at radius 2 is 1.77 bits per heavy atom. The SMILES string of the molecule is CC[C@@H](C)C(=O)N[C@H](C(=O)N1CCC[C@H]1C(=O)Nc1cscc1-c1ccccc1)C1CCCCC1. The van der Waals surface area contributed by atoms with E-state index in [0.29, 0.717) is 13.0 Å². The highest BCUT2D eigenvalue weighted by Gasteiger charge is 2.41. The van der Waals surface area contributed by atoms with Crippen LogP contribution in [0.25, 0.3) is 11.1 Å². The van der Waals surface area contributed by atoms with Crippen LogP contribution in [0.2, 0.25) is 0 Å². The Hall–Kier alpha value is -2.67. The second-order valence-electron chi connectivity index (χ2n) is 9.94. The molecule has 1 saturated heterocycles. The zero-order valence-corrected chi connectivity index (χ0v) is 21.6. The average molecular weight is 496 g/mol. The molecular formula is C28H37N3O3S. The molecule has 2 aliphatic rings. The number of nitrogens with zero attached hydrogens (tertiary/aromatic N) is 1. The van der Waals surface area contributed by atoms with E-state index in [1.807, 2.05) is 54.9 Å². The van der Waals surface area contributed by atoms with Gasteiger partial charge in [0.15, 0.2) is 0 Å². The van der Waals surface area contributed by atoms with Gasteiger partial charge in [-0.25, -0.2) is 0 Å². The zero-order chi connectivity index (χ0) is 24.8. The van der Waals surface area contributed by atoms with E-state index in [2.05, 4.69) is 10.6 Å². The van der Waals surface area contributed by atoms with Crippen LogP contribution in [-0.2, 0) is 14.4 Å². The van der Waals surface area contributed by atoms with E-state index in [0.717, 1.165) is 55.3 Å². The molecule has 0 radical (unpaired) electrons. The van der Waals surface area contributed by atoms with Gasteiger partial charge >= 0.3 is 0 Å². The van der Waals surface area contributed by atoms with E-state index in [1.165, 1.54) is 6.42 Å². The highest BCUT2D eigenvalue weighted by Crippen LogP contribution is 2.33. The van der Waals surface area contributed by atoms with Crippen LogP contribution in [0.15, 0.2) is 41.1 Å². The number of benzene rings is 1. The minimum absolute atomic E-state index is 0.0672. The third kappa shape index (κ3) is 5.95. The number of hydrogen-bond donors (Lipinski definition) is 2. The first kappa shape index (κ1) is 25.4. The van der Waals surface area contributed by atoms with Gasteiger partial charge in [-0.2, -0.15) is 0 Å². The van der Waals surface area contributed by atoms with Gasteiger partial charge in [0.05, 0.1) is 5.69 Å². The number of anilines is 1. The summed E-state index contributed by atoms with van der Waals surface area (Å²) in [6.45, 7) is 4.43. The van der Waals surface area contributed by atoms with Gasteiger partial charge < -0.3 is 15.5 Å². The van der Waals surface area contributed by atoms with Crippen LogP contribution >= 0.6 is 11.3 Å². The van der Waals surface area contributed by atoms with Crippen LogP contribution in [-0.4, -0.2) is 41.2 Å². The van der Waals surface area contributed by atoms with Crippen molar-refractivity contribution in [2.24, 2.45) is 11.8 Å². The van der Waals surface area contributed by atoms with Gasteiger partial charge in [-0.3, -0.25) is 14.4 Å². The summed E-state index contributed by atoms with van der Waals surface area (Å²) >= 11 is 1.55. The molecule has 1 aromatic carbocycles. The maximum atomic E-state index is 13.8. The Labute approximate surface area is 212 Å². The molecule has 1 aliphatic heterocycles. The van der Waals surface area contributed by atoms with Gasteiger partial charge in [-0.1, -0.05) is 63.4 Å². The molecule has 35 heavy (non-hydrogen) atoms. The first-order chi connectivity index (χ1) is 17.0. The van der Waals surface area contributed by atoms with Gasteiger partial charge in [0, 0.05) is 28.8 Å². The molecule has 6 nitrogen and oxygen atoms in total. The lowest BCUT2D eigenvalue weighted by molar-refractivity contribution is -0.142. The molecule has 0 bridgehead atoms. The maximum absolute atomic E-state index is 13.8. The molecule has 2 fully saturated rings. The van der Waals surface area contributed by atoms with Crippen LogP contribution in [0.4, 0.5) is 5.69 Å². The number of carbonyl (C=O) groups is 3. The van der Waals surface area contributed by atoms with Crippen molar-refractivity contribution in [1.29, 1.82) is 0 Å². The number of amides is 3. The van der Waals surface area contributed by atoms with Crippen molar-refractivity contribution in [1.82, 2.24) is 10.2 Å². The lowest BCUT2D eigenvalue weighted by atomic mass is 9.83. The fourth-order valence-corrected chi connectivity index (χ4v) is 6.05. The predicted molar refractivity (Wildman–Crippen MR) is 141 cm³/mol. The van der Waals surface area contributed by atoms with E-state index in [1.54, 1.807) is 16.2 Å². The first-order valence-electron chi connectivity index (χ1n) is 13.0. The Balaban J connectivity index is 1.50. The number of nitrogens with one attached hydrogen (secondary N) is 2. The number of thiophene rings is 1. The molecular weight excluding hydrogens is 458 g/mol. The van der Waals surface area contributed by atoms with Gasteiger partial charge in [0.2, 0.25) is 17.7 Å². The Morgan fingerprint density at radius 3 is 2.49 bits per heavy atom. The van der Waals surface area contributed by atoms with E-state index >= 15 is 0 Å². The summed E-state index contributed by atoms with van der Waals surface area (Å²) in [5.41, 5.74) is 2.81. The van der Waals surface area contributed by atoms with Crippen LogP contribution in [0, 0.1) is 11.8 Å². The summed E-state index contributed by atoms with van der Waals surface area (Å²) in [7, 11) is 0.